The van der Waals surface area contributed by atoms with Crippen molar-refractivity contribution >= 4 is 43.2 Å². The molecule has 2 N–H and O–H groups in total. The van der Waals surface area contributed by atoms with Gasteiger partial charge in [0.15, 0.2) is 0 Å². The lowest BCUT2D eigenvalue weighted by molar-refractivity contribution is -0.114. The first-order chi connectivity index (χ1) is 11.2. The second-order valence-electron chi connectivity index (χ2n) is 4.78. The number of rotatable bonds is 5. The Morgan fingerprint density at radius 2 is 1.92 bits per heavy atom. The SMILES string of the molecule is COc1ccc(NC(C)=O)cc1S(=O)(=O)Nc1ccc(Br)cc1F. The first kappa shape index (κ1) is 18.2. The molecule has 0 atom stereocenters. The second kappa shape index (κ2) is 7.18. The largest absolute Gasteiger partial charge is 0.495 e. The summed E-state index contributed by atoms with van der Waals surface area (Å²) >= 11 is 3.10. The topological polar surface area (TPSA) is 84.5 Å². The number of carbonyl (C=O) groups is 1. The predicted octanol–water partition coefficient (Wildman–Crippen LogP) is 3.36. The zero-order valence-electron chi connectivity index (χ0n) is 12.8. The smallest absolute Gasteiger partial charge is 0.265 e. The van der Waals surface area contributed by atoms with Crippen molar-refractivity contribution in [1.82, 2.24) is 0 Å². The number of hydrogen-bond acceptors (Lipinski definition) is 4. The molecule has 2 aromatic carbocycles. The van der Waals surface area contributed by atoms with Gasteiger partial charge in [0.25, 0.3) is 10.0 Å². The zero-order valence-corrected chi connectivity index (χ0v) is 15.2. The Morgan fingerprint density at radius 3 is 2.50 bits per heavy atom. The van der Waals surface area contributed by atoms with Crippen LogP contribution in [0.5, 0.6) is 5.75 Å². The summed E-state index contributed by atoms with van der Waals surface area (Å²) in [7, 11) is -2.82. The third kappa shape index (κ3) is 4.24. The van der Waals surface area contributed by atoms with E-state index in [0.717, 1.165) is 6.07 Å². The molecule has 0 unspecified atom stereocenters. The zero-order chi connectivity index (χ0) is 17.9. The fourth-order valence-electron chi connectivity index (χ4n) is 1.94. The van der Waals surface area contributed by atoms with Gasteiger partial charge in [-0.05, 0) is 36.4 Å². The summed E-state index contributed by atoms with van der Waals surface area (Å²) in [5.41, 5.74) is 0.0742. The molecule has 0 saturated heterocycles. The number of hydrogen-bond donors (Lipinski definition) is 2. The molecule has 0 aliphatic rings. The number of carbonyl (C=O) groups excluding carboxylic acids is 1. The van der Waals surface area contributed by atoms with E-state index in [0.29, 0.717) is 4.47 Å². The van der Waals surface area contributed by atoms with Crippen molar-refractivity contribution in [3.8, 4) is 5.75 Å². The maximum absolute atomic E-state index is 13.9. The lowest BCUT2D eigenvalue weighted by atomic mass is 10.3. The van der Waals surface area contributed by atoms with Crippen LogP contribution in [0.1, 0.15) is 6.92 Å². The molecule has 0 aromatic heterocycles. The highest BCUT2D eigenvalue weighted by Gasteiger charge is 2.22. The van der Waals surface area contributed by atoms with Crippen molar-refractivity contribution in [2.24, 2.45) is 0 Å². The number of amides is 1. The van der Waals surface area contributed by atoms with Gasteiger partial charge in [-0.25, -0.2) is 12.8 Å². The highest BCUT2D eigenvalue weighted by Crippen LogP contribution is 2.30. The Kier molecular flexibility index (Phi) is 5.45. The molecular formula is C15H14BrFN2O4S. The lowest BCUT2D eigenvalue weighted by Gasteiger charge is -2.14. The van der Waals surface area contributed by atoms with Crippen molar-refractivity contribution in [2.75, 3.05) is 17.1 Å². The van der Waals surface area contributed by atoms with E-state index < -0.39 is 15.8 Å². The average Bonchev–Trinajstić information content (AvgIpc) is 2.49. The lowest BCUT2D eigenvalue weighted by Crippen LogP contribution is -2.16. The number of anilines is 2. The summed E-state index contributed by atoms with van der Waals surface area (Å²) in [6.45, 7) is 1.30. The normalized spacial score (nSPS) is 11.0. The van der Waals surface area contributed by atoms with Crippen molar-refractivity contribution in [2.45, 2.75) is 11.8 Å². The fraction of sp³-hybridized carbons (Fsp3) is 0.133. The Labute approximate surface area is 147 Å². The Bertz CT molecular complexity index is 887. The van der Waals surface area contributed by atoms with Crippen LogP contribution >= 0.6 is 15.9 Å². The molecule has 128 valence electrons. The molecule has 6 nitrogen and oxygen atoms in total. The third-order valence-electron chi connectivity index (χ3n) is 2.95. The monoisotopic (exact) mass is 416 g/mol. The van der Waals surface area contributed by atoms with E-state index in [2.05, 4.69) is 26.0 Å². The summed E-state index contributed by atoms with van der Waals surface area (Å²) in [5, 5.41) is 2.48. The quantitative estimate of drug-likeness (QED) is 0.782. The summed E-state index contributed by atoms with van der Waals surface area (Å²) in [5.74, 6) is -1.02. The van der Waals surface area contributed by atoms with Crippen molar-refractivity contribution in [1.29, 1.82) is 0 Å². The Morgan fingerprint density at radius 1 is 1.21 bits per heavy atom. The van der Waals surface area contributed by atoms with Crippen LogP contribution in [0.15, 0.2) is 45.8 Å². The number of methoxy groups -OCH3 is 1. The van der Waals surface area contributed by atoms with E-state index in [1.807, 2.05) is 0 Å². The predicted molar refractivity (Wildman–Crippen MR) is 92.2 cm³/mol. The highest BCUT2D eigenvalue weighted by atomic mass is 79.9. The molecule has 0 aliphatic carbocycles. The van der Waals surface area contributed by atoms with Crippen molar-refractivity contribution < 1.29 is 22.3 Å². The average molecular weight is 417 g/mol. The molecule has 2 aromatic rings. The summed E-state index contributed by atoms with van der Waals surface area (Å²) < 4.78 is 46.7. The molecule has 24 heavy (non-hydrogen) atoms. The first-order valence-corrected chi connectivity index (χ1v) is 8.94. The van der Waals surface area contributed by atoms with E-state index >= 15 is 0 Å². The van der Waals surface area contributed by atoms with Gasteiger partial charge in [0.1, 0.15) is 16.5 Å². The van der Waals surface area contributed by atoms with Crippen LogP contribution in [0.2, 0.25) is 0 Å². The molecular weight excluding hydrogens is 403 g/mol. The van der Waals surface area contributed by atoms with Gasteiger partial charge in [0.2, 0.25) is 5.91 Å². The molecule has 0 bridgehead atoms. The number of benzene rings is 2. The third-order valence-corrected chi connectivity index (χ3v) is 4.83. The van der Waals surface area contributed by atoms with Gasteiger partial charge >= 0.3 is 0 Å². The molecule has 1 amide bonds. The van der Waals surface area contributed by atoms with Crippen LogP contribution in [0.4, 0.5) is 15.8 Å². The van der Waals surface area contributed by atoms with Gasteiger partial charge in [0.05, 0.1) is 12.8 Å². The maximum Gasteiger partial charge on any atom is 0.265 e. The Hall–Kier alpha value is -2.13. The number of halogens is 2. The van der Waals surface area contributed by atoms with Gasteiger partial charge in [-0.3, -0.25) is 9.52 Å². The number of nitrogens with one attached hydrogen (secondary N) is 2. The highest BCUT2D eigenvalue weighted by molar-refractivity contribution is 9.10. The molecule has 0 spiro atoms. The molecule has 0 aliphatic heterocycles. The summed E-state index contributed by atoms with van der Waals surface area (Å²) in [6, 6.07) is 8.08. The van der Waals surface area contributed by atoms with Gasteiger partial charge in [-0.2, -0.15) is 0 Å². The minimum atomic E-state index is -4.13. The maximum atomic E-state index is 13.9. The van der Waals surface area contributed by atoms with Crippen LogP contribution < -0.4 is 14.8 Å². The van der Waals surface area contributed by atoms with E-state index in [-0.39, 0.29) is 27.9 Å². The first-order valence-electron chi connectivity index (χ1n) is 6.66. The van der Waals surface area contributed by atoms with Gasteiger partial charge < -0.3 is 10.1 Å². The van der Waals surface area contributed by atoms with E-state index in [4.69, 9.17) is 4.74 Å². The molecule has 0 saturated carbocycles. The summed E-state index contributed by atoms with van der Waals surface area (Å²) in [4.78, 5) is 10.9. The van der Waals surface area contributed by atoms with Crippen LogP contribution in [-0.4, -0.2) is 21.4 Å². The second-order valence-corrected chi connectivity index (χ2v) is 7.34. The van der Waals surface area contributed by atoms with E-state index in [1.165, 1.54) is 44.4 Å². The van der Waals surface area contributed by atoms with Crippen LogP contribution in [0, 0.1) is 5.82 Å². The van der Waals surface area contributed by atoms with Crippen molar-refractivity contribution in [3.05, 3.63) is 46.7 Å². The molecule has 0 fully saturated rings. The molecule has 2 rings (SSSR count). The summed E-state index contributed by atoms with van der Waals surface area (Å²) in [6.07, 6.45) is 0. The number of ether oxygens (including phenoxy) is 1. The van der Waals surface area contributed by atoms with Gasteiger partial charge in [-0.1, -0.05) is 15.9 Å². The standard InChI is InChI=1S/C15H14BrFN2O4S/c1-9(20)18-11-4-6-14(23-2)15(8-11)24(21,22)19-13-5-3-10(16)7-12(13)17/h3-8,19H,1-2H3,(H,18,20). The minimum Gasteiger partial charge on any atom is -0.495 e. The van der Waals surface area contributed by atoms with Crippen LogP contribution in [0.25, 0.3) is 0 Å². The molecule has 0 heterocycles. The van der Waals surface area contributed by atoms with Gasteiger partial charge in [-0.15, -0.1) is 0 Å². The van der Waals surface area contributed by atoms with E-state index in [9.17, 15) is 17.6 Å². The van der Waals surface area contributed by atoms with Crippen molar-refractivity contribution in [3.63, 3.8) is 0 Å². The Balaban J connectivity index is 2.45. The van der Waals surface area contributed by atoms with Crippen LogP contribution in [-0.2, 0) is 14.8 Å². The van der Waals surface area contributed by atoms with Gasteiger partial charge in [0, 0.05) is 17.1 Å². The number of sulfonamides is 1. The minimum absolute atomic E-state index is 0.0640. The fourth-order valence-corrected chi connectivity index (χ4v) is 3.54. The van der Waals surface area contributed by atoms with E-state index in [1.54, 1.807) is 0 Å². The molecule has 0 radical (unpaired) electrons. The molecule has 9 heteroatoms. The van der Waals surface area contributed by atoms with Crippen LogP contribution in [0.3, 0.4) is 0 Å².